The first kappa shape index (κ1) is 13.8. The molecular weight excluding hydrogens is 236 g/mol. The Morgan fingerprint density at radius 3 is 2.95 bits per heavy atom. The number of fused-ring (bicyclic) bond motifs is 1. The monoisotopic (exact) mass is 258 g/mol. The second-order valence-electron chi connectivity index (χ2n) is 5.13. The fourth-order valence-electron chi connectivity index (χ4n) is 1.97. The van der Waals surface area contributed by atoms with Crippen molar-refractivity contribution >= 4 is 10.9 Å². The van der Waals surface area contributed by atoms with Gasteiger partial charge in [-0.3, -0.25) is 4.98 Å². The highest BCUT2D eigenvalue weighted by molar-refractivity contribution is 5.84. The van der Waals surface area contributed by atoms with E-state index in [4.69, 9.17) is 4.74 Å². The third-order valence-electron chi connectivity index (χ3n) is 2.91. The molecule has 1 heterocycles. The van der Waals surface area contributed by atoms with E-state index in [1.807, 2.05) is 30.5 Å². The summed E-state index contributed by atoms with van der Waals surface area (Å²) in [6.45, 7) is 7.23. The molecule has 2 aromatic rings. The van der Waals surface area contributed by atoms with Crippen molar-refractivity contribution in [2.75, 3.05) is 19.7 Å². The predicted octanol–water partition coefficient (Wildman–Crippen LogP) is 3.25. The Labute approximate surface area is 115 Å². The maximum atomic E-state index is 5.85. The zero-order valence-corrected chi connectivity index (χ0v) is 11.7. The summed E-state index contributed by atoms with van der Waals surface area (Å²) in [6, 6.07) is 9.99. The molecule has 0 amide bonds. The van der Waals surface area contributed by atoms with Crippen LogP contribution in [0.3, 0.4) is 0 Å². The van der Waals surface area contributed by atoms with Crippen molar-refractivity contribution in [1.82, 2.24) is 10.3 Å². The normalized spacial score (nSPS) is 11.1. The van der Waals surface area contributed by atoms with Crippen LogP contribution < -0.4 is 10.1 Å². The van der Waals surface area contributed by atoms with Crippen molar-refractivity contribution in [3.8, 4) is 5.75 Å². The maximum absolute atomic E-state index is 5.85. The van der Waals surface area contributed by atoms with Gasteiger partial charge in [-0.25, -0.2) is 0 Å². The second kappa shape index (κ2) is 7.10. The van der Waals surface area contributed by atoms with E-state index >= 15 is 0 Å². The molecule has 1 N–H and O–H groups in total. The predicted molar refractivity (Wildman–Crippen MR) is 79.6 cm³/mol. The van der Waals surface area contributed by atoms with Crippen LogP contribution in [0.25, 0.3) is 10.9 Å². The summed E-state index contributed by atoms with van der Waals surface area (Å²) >= 11 is 0. The minimum absolute atomic E-state index is 0.699. The molecule has 0 unspecified atom stereocenters. The molecule has 19 heavy (non-hydrogen) atoms. The highest BCUT2D eigenvalue weighted by atomic mass is 16.5. The third kappa shape index (κ3) is 4.21. The molecular formula is C16H22N2O. The standard InChI is InChI=1S/C16H22N2O/c1-13(2)12-17-9-5-11-19-16-8-3-7-15-14(16)6-4-10-18-15/h3-4,6-8,10,13,17H,5,9,11-12H2,1-2H3. The fraction of sp³-hybridized carbons (Fsp3) is 0.438. The first-order valence-electron chi connectivity index (χ1n) is 6.94. The SMILES string of the molecule is CC(C)CNCCCOc1cccc2ncccc12. The van der Waals surface area contributed by atoms with Gasteiger partial charge in [0, 0.05) is 11.6 Å². The van der Waals surface area contributed by atoms with Crippen LogP contribution in [-0.4, -0.2) is 24.7 Å². The second-order valence-corrected chi connectivity index (χ2v) is 5.13. The Morgan fingerprint density at radius 2 is 2.11 bits per heavy atom. The average Bonchev–Trinajstić information content (AvgIpc) is 2.42. The van der Waals surface area contributed by atoms with Crippen LogP contribution >= 0.6 is 0 Å². The van der Waals surface area contributed by atoms with Crippen LogP contribution in [0, 0.1) is 5.92 Å². The van der Waals surface area contributed by atoms with E-state index in [-0.39, 0.29) is 0 Å². The fourth-order valence-corrected chi connectivity index (χ4v) is 1.97. The highest BCUT2D eigenvalue weighted by Gasteiger charge is 2.01. The summed E-state index contributed by atoms with van der Waals surface area (Å²) < 4.78 is 5.85. The zero-order valence-electron chi connectivity index (χ0n) is 11.7. The zero-order chi connectivity index (χ0) is 13.5. The molecule has 1 aromatic carbocycles. The van der Waals surface area contributed by atoms with Gasteiger partial charge in [-0.15, -0.1) is 0 Å². The van der Waals surface area contributed by atoms with Gasteiger partial charge in [-0.1, -0.05) is 19.9 Å². The third-order valence-corrected chi connectivity index (χ3v) is 2.91. The lowest BCUT2D eigenvalue weighted by atomic mass is 10.2. The van der Waals surface area contributed by atoms with Crippen molar-refractivity contribution in [1.29, 1.82) is 0 Å². The number of ether oxygens (including phenoxy) is 1. The lowest BCUT2D eigenvalue weighted by Crippen LogP contribution is -2.22. The number of aromatic nitrogens is 1. The molecule has 0 bridgehead atoms. The molecule has 0 atom stereocenters. The van der Waals surface area contributed by atoms with Crippen molar-refractivity contribution < 1.29 is 4.74 Å². The Balaban J connectivity index is 1.82. The van der Waals surface area contributed by atoms with Gasteiger partial charge in [0.2, 0.25) is 0 Å². The number of nitrogens with one attached hydrogen (secondary N) is 1. The molecule has 3 heteroatoms. The van der Waals surface area contributed by atoms with Gasteiger partial charge in [0.25, 0.3) is 0 Å². The Kier molecular flexibility index (Phi) is 5.16. The molecule has 0 saturated heterocycles. The van der Waals surface area contributed by atoms with E-state index in [9.17, 15) is 0 Å². The molecule has 1 aromatic heterocycles. The summed E-state index contributed by atoms with van der Waals surface area (Å²) in [6.07, 6.45) is 2.82. The minimum atomic E-state index is 0.699. The Morgan fingerprint density at radius 1 is 1.21 bits per heavy atom. The molecule has 3 nitrogen and oxygen atoms in total. The van der Waals surface area contributed by atoms with Gasteiger partial charge in [0.05, 0.1) is 12.1 Å². The van der Waals surface area contributed by atoms with Crippen LogP contribution in [0.4, 0.5) is 0 Å². The van der Waals surface area contributed by atoms with Gasteiger partial charge < -0.3 is 10.1 Å². The Hall–Kier alpha value is -1.61. The molecule has 0 fully saturated rings. The van der Waals surface area contributed by atoms with E-state index in [2.05, 4.69) is 30.2 Å². The van der Waals surface area contributed by atoms with Gasteiger partial charge in [-0.2, -0.15) is 0 Å². The lowest BCUT2D eigenvalue weighted by molar-refractivity contribution is 0.310. The van der Waals surface area contributed by atoms with E-state index in [0.29, 0.717) is 5.92 Å². The van der Waals surface area contributed by atoms with Crippen LogP contribution in [0.15, 0.2) is 36.5 Å². The summed E-state index contributed by atoms with van der Waals surface area (Å²) in [5.74, 6) is 1.62. The summed E-state index contributed by atoms with van der Waals surface area (Å²) in [5.41, 5.74) is 0.984. The van der Waals surface area contributed by atoms with E-state index < -0.39 is 0 Å². The van der Waals surface area contributed by atoms with Gasteiger partial charge in [0.1, 0.15) is 5.75 Å². The molecule has 102 valence electrons. The van der Waals surface area contributed by atoms with Gasteiger partial charge in [0.15, 0.2) is 0 Å². The van der Waals surface area contributed by atoms with Gasteiger partial charge >= 0.3 is 0 Å². The number of rotatable bonds is 7. The van der Waals surface area contributed by atoms with E-state index in [1.165, 1.54) is 0 Å². The molecule has 0 spiro atoms. The van der Waals surface area contributed by atoms with Crippen LogP contribution in [-0.2, 0) is 0 Å². The van der Waals surface area contributed by atoms with Gasteiger partial charge in [-0.05, 0) is 49.7 Å². The van der Waals surface area contributed by atoms with Crippen molar-refractivity contribution in [3.63, 3.8) is 0 Å². The first-order chi connectivity index (χ1) is 9.27. The van der Waals surface area contributed by atoms with Crippen molar-refractivity contribution in [2.45, 2.75) is 20.3 Å². The van der Waals surface area contributed by atoms with E-state index in [0.717, 1.165) is 42.8 Å². The molecule has 0 aliphatic rings. The number of nitrogens with zero attached hydrogens (tertiary/aromatic N) is 1. The molecule has 0 radical (unpaired) electrons. The minimum Gasteiger partial charge on any atom is -0.493 e. The smallest absolute Gasteiger partial charge is 0.128 e. The summed E-state index contributed by atoms with van der Waals surface area (Å²) in [7, 11) is 0. The average molecular weight is 258 g/mol. The maximum Gasteiger partial charge on any atom is 0.128 e. The number of benzene rings is 1. The van der Waals surface area contributed by atoms with Crippen LogP contribution in [0.2, 0.25) is 0 Å². The molecule has 0 saturated carbocycles. The topological polar surface area (TPSA) is 34.1 Å². The summed E-state index contributed by atoms with van der Waals surface area (Å²) in [5, 5.41) is 4.50. The quantitative estimate of drug-likeness (QED) is 0.774. The molecule has 0 aliphatic heterocycles. The summed E-state index contributed by atoms with van der Waals surface area (Å²) in [4.78, 5) is 4.33. The largest absolute Gasteiger partial charge is 0.493 e. The van der Waals surface area contributed by atoms with Crippen LogP contribution in [0.5, 0.6) is 5.75 Å². The lowest BCUT2D eigenvalue weighted by Gasteiger charge is -2.10. The molecule has 2 rings (SSSR count). The number of hydrogen-bond acceptors (Lipinski definition) is 3. The Bertz CT molecular complexity index is 506. The highest BCUT2D eigenvalue weighted by Crippen LogP contribution is 2.23. The van der Waals surface area contributed by atoms with Crippen molar-refractivity contribution in [3.05, 3.63) is 36.5 Å². The number of pyridine rings is 1. The van der Waals surface area contributed by atoms with Crippen LogP contribution in [0.1, 0.15) is 20.3 Å². The molecule has 0 aliphatic carbocycles. The van der Waals surface area contributed by atoms with Crippen molar-refractivity contribution in [2.24, 2.45) is 5.92 Å². The van der Waals surface area contributed by atoms with E-state index in [1.54, 1.807) is 0 Å². The number of hydrogen-bond donors (Lipinski definition) is 1. The first-order valence-corrected chi connectivity index (χ1v) is 6.94.